The Morgan fingerprint density at radius 2 is 2.00 bits per heavy atom. The highest BCUT2D eigenvalue weighted by atomic mass is 35.5. The van der Waals surface area contributed by atoms with Gasteiger partial charge in [0.15, 0.2) is 11.5 Å². The highest BCUT2D eigenvalue weighted by Gasteiger charge is 2.20. The topological polar surface area (TPSA) is 90.7 Å². The fraction of sp³-hybridized carbons (Fsp3) is 0.188. The van der Waals surface area contributed by atoms with Gasteiger partial charge < -0.3 is 14.8 Å². The number of carbonyl (C=O) groups is 1. The molecule has 0 aliphatic carbocycles. The number of benzene rings is 2. The number of nitrogens with one attached hydrogen (secondary N) is 1. The van der Waals surface area contributed by atoms with Gasteiger partial charge in [0.05, 0.1) is 21.6 Å². The minimum absolute atomic E-state index is 0.0541. The van der Waals surface area contributed by atoms with Crippen molar-refractivity contribution in [1.29, 1.82) is 0 Å². The van der Waals surface area contributed by atoms with Crippen molar-refractivity contribution in [2.45, 2.75) is 13.0 Å². The number of ether oxygens (including phenoxy) is 2. The van der Waals surface area contributed by atoms with Crippen LogP contribution in [0.2, 0.25) is 5.02 Å². The number of halogens is 1. The molecule has 0 saturated heterocycles. The van der Waals surface area contributed by atoms with Crippen LogP contribution in [0.4, 0.5) is 5.69 Å². The van der Waals surface area contributed by atoms with Crippen molar-refractivity contribution >= 4 is 23.2 Å². The number of nitro groups is 1. The third-order valence-electron chi connectivity index (χ3n) is 3.65. The number of nitrogens with zero attached hydrogens (tertiary/aromatic N) is 1. The van der Waals surface area contributed by atoms with Gasteiger partial charge in [-0.15, -0.1) is 0 Å². The molecule has 1 aliphatic heterocycles. The van der Waals surface area contributed by atoms with Crippen LogP contribution in [0.25, 0.3) is 0 Å². The quantitative estimate of drug-likeness (QED) is 0.674. The molecule has 1 heterocycles. The molecule has 1 aliphatic rings. The van der Waals surface area contributed by atoms with Crippen LogP contribution in [-0.2, 0) is 0 Å². The van der Waals surface area contributed by atoms with Gasteiger partial charge in [0, 0.05) is 12.1 Å². The van der Waals surface area contributed by atoms with Gasteiger partial charge in [-0.1, -0.05) is 17.7 Å². The Hall–Kier alpha value is -2.80. The lowest BCUT2D eigenvalue weighted by Crippen LogP contribution is -2.27. The van der Waals surface area contributed by atoms with Crippen molar-refractivity contribution in [2.24, 2.45) is 0 Å². The van der Waals surface area contributed by atoms with E-state index in [0.717, 1.165) is 11.6 Å². The number of amides is 1. The molecule has 0 spiro atoms. The Morgan fingerprint density at radius 1 is 1.25 bits per heavy atom. The second-order valence-corrected chi connectivity index (χ2v) is 5.64. The first-order valence-corrected chi connectivity index (χ1v) is 7.48. The van der Waals surface area contributed by atoms with Crippen LogP contribution in [0.1, 0.15) is 28.9 Å². The zero-order valence-electron chi connectivity index (χ0n) is 12.6. The summed E-state index contributed by atoms with van der Waals surface area (Å²) < 4.78 is 10.6. The molecule has 0 aromatic heterocycles. The van der Waals surface area contributed by atoms with E-state index in [9.17, 15) is 14.9 Å². The van der Waals surface area contributed by atoms with Gasteiger partial charge in [-0.3, -0.25) is 14.9 Å². The van der Waals surface area contributed by atoms with Gasteiger partial charge in [-0.25, -0.2) is 0 Å². The maximum absolute atomic E-state index is 12.4. The Morgan fingerprint density at radius 3 is 2.75 bits per heavy atom. The molecule has 24 heavy (non-hydrogen) atoms. The molecule has 124 valence electrons. The molecule has 2 aromatic rings. The normalized spacial score (nSPS) is 13.4. The second-order valence-electron chi connectivity index (χ2n) is 5.23. The summed E-state index contributed by atoms with van der Waals surface area (Å²) in [5.41, 5.74) is 0.674. The molecule has 2 aromatic carbocycles. The number of hydrogen-bond donors (Lipinski definition) is 1. The van der Waals surface area contributed by atoms with Crippen LogP contribution >= 0.6 is 11.6 Å². The zero-order chi connectivity index (χ0) is 17.3. The lowest BCUT2D eigenvalue weighted by atomic mass is 10.1. The summed E-state index contributed by atoms with van der Waals surface area (Å²) in [5.74, 6) is 0.773. The van der Waals surface area contributed by atoms with Crippen molar-refractivity contribution in [3.8, 4) is 11.5 Å². The standard InChI is InChI=1S/C16H13ClN2O5/c1-9(10-2-5-14-15(6-10)24-8-23-14)18-16(20)12-7-11(19(21)22)3-4-13(12)17/h2-7,9H,8H2,1H3,(H,18,20). The van der Waals surface area contributed by atoms with E-state index in [1.54, 1.807) is 19.1 Å². The summed E-state index contributed by atoms with van der Waals surface area (Å²) in [5, 5.41) is 13.8. The minimum atomic E-state index is -0.575. The number of nitro benzene ring substituents is 1. The lowest BCUT2D eigenvalue weighted by Gasteiger charge is -2.15. The zero-order valence-corrected chi connectivity index (χ0v) is 13.4. The summed E-state index contributed by atoms with van der Waals surface area (Å²) in [6.07, 6.45) is 0. The van der Waals surface area contributed by atoms with E-state index in [1.165, 1.54) is 12.1 Å². The predicted molar refractivity (Wildman–Crippen MR) is 86.6 cm³/mol. The summed E-state index contributed by atoms with van der Waals surface area (Å²) >= 11 is 5.98. The molecule has 7 nitrogen and oxygen atoms in total. The highest BCUT2D eigenvalue weighted by Crippen LogP contribution is 2.34. The summed E-state index contributed by atoms with van der Waals surface area (Å²) in [6, 6.07) is 8.75. The molecule has 0 bridgehead atoms. The van der Waals surface area contributed by atoms with Crippen LogP contribution in [0.15, 0.2) is 36.4 Å². The fourth-order valence-electron chi connectivity index (χ4n) is 2.34. The first-order chi connectivity index (χ1) is 11.5. The van der Waals surface area contributed by atoms with E-state index in [-0.39, 0.29) is 29.1 Å². The fourth-order valence-corrected chi connectivity index (χ4v) is 2.54. The van der Waals surface area contributed by atoms with Crippen LogP contribution < -0.4 is 14.8 Å². The van der Waals surface area contributed by atoms with Crippen LogP contribution in [0.5, 0.6) is 11.5 Å². The molecule has 0 saturated carbocycles. The number of carbonyl (C=O) groups excluding carboxylic acids is 1. The average molecular weight is 349 g/mol. The molecular formula is C16H13ClN2O5. The summed E-state index contributed by atoms with van der Waals surface area (Å²) in [6.45, 7) is 1.96. The van der Waals surface area contributed by atoms with Crippen molar-refractivity contribution in [3.05, 3.63) is 62.7 Å². The number of rotatable bonds is 4. The largest absolute Gasteiger partial charge is 0.454 e. The maximum Gasteiger partial charge on any atom is 0.270 e. The minimum Gasteiger partial charge on any atom is -0.454 e. The van der Waals surface area contributed by atoms with E-state index < -0.39 is 10.8 Å². The van der Waals surface area contributed by atoms with E-state index in [2.05, 4.69) is 5.32 Å². The van der Waals surface area contributed by atoms with E-state index in [1.807, 2.05) is 6.07 Å². The molecule has 8 heteroatoms. The summed E-state index contributed by atoms with van der Waals surface area (Å²) in [7, 11) is 0. The van der Waals surface area contributed by atoms with Gasteiger partial charge in [-0.2, -0.15) is 0 Å². The van der Waals surface area contributed by atoms with E-state index in [0.29, 0.717) is 11.5 Å². The van der Waals surface area contributed by atoms with Gasteiger partial charge in [0.1, 0.15) is 0 Å². The molecule has 0 fully saturated rings. The van der Waals surface area contributed by atoms with Gasteiger partial charge in [0.25, 0.3) is 11.6 Å². The van der Waals surface area contributed by atoms with Gasteiger partial charge >= 0.3 is 0 Å². The maximum atomic E-state index is 12.4. The van der Waals surface area contributed by atoms with Crippen LogP contribution in [0.3, 0.4) is 0 Å². The number of hydrogen-bond acceptors (Lipinski definition) is 5. The van der Waals surface area contributed by atoms with E-state index >= 15 is 0 Å². The number of fused-ring (bicyclic) bond motifs is 1. The predicted octanol–water partition coefficient (Wildman–Crippen LogP) is 3.47. The molecule has 1 amide bonds. The SMILES string of the molecule is CC(NC(=O)c1cc([N+](=O)[O-])ccc1Cl)c1ccc2c(c1)OCO2. The lowest BCUT2D eigenvalue weighted by molar-refractivity contribution is -0.384. The van der Waals surface area contributed by atoms with Crippen molar-refractivity contribution < 1.29 is 19.2 Å². The summed E-state index contributed by atoms with van der Waals surface area (Å²) in [4.78, 5) is 22.7. The van der Waals surface area contributed by atoms with E-state index in [4.69, 9.17) is 21.1 Å². The molecular weight excluding hydrogens is 336 g/mol. The first kappa shape index (κ1) is 16.1. The highest BCUT2D eigenvalue weighted by molar-refractivity contribution is 6.33. The Bertz CT molecular complexity index is 824. The van der Waals surface area contributed by atoms with Crippen LogP contribution in [0, 0.1) is 10.1 Å². The average Bonchev–Trinajstić information content (AvgIpc) is 3.02. The molecule has 1 unspecified atom stereocenters. The van der Waals surface area contributed by atoms with Crippen molar-refractivity contribution in [2.75, 3.05) is 6.79 Å². The Kier molecular flexibility index (Phi) is 4.26. The second kappa shape index (κ2) is 6.37. The smallest absolute Gasteiger partial charge is 0.270 e. The molecule has 3 rings (SSSR count). The number of non-ortho nitro benzene ring substituents is 1. The molecule has 0 radical (unpaired) electrons. The molecule has 1 N–H and O–H groups in total. The van der Waals surface area contributed by atoms with Crippen molar-refractivity contribution in [3.63, 3.8) is 0 Å². The van der Waals surface area contributed by atoms with Crippen molar-refractivity contribution in [1.82, 2.24) is 5.32 Å². The first-order valence-electron chi connectivity index (χ1n) is 7.10. The Labute approximate surface area is 142 Å². The Balaban J connectivity index is 1.79. The third kappa shape index (κ3) is 3.11. The third-order valence-corrected chi connectivity index (χ3v) is 3.98. The van der Waals surface area contributed by atoms with Gasteiger partial charge in [0.2, 0.25) is 6.79 Å². The van der Waals surface area contributed by atoms with Crippen LogP contribution in [-0.4, -0.2) is 17.6 Å². The molecule has 1 atom stereocenters. The monoisotopic (exact) mass is 348 g/mol. The van der Waals surface area contributed by atoms with Gasteiger partial charge in [-0.05, 0) is 30.7 Å².